The van der Waals surface area contributed by atoms with Crippen molar-refractivity contribution >= 4 is 5.82 Å². The quantitative estimate of drug-likeness (QED) is 0.405. The minimum atomic E-state index is 0.207. The van der Waals surface area contributed by atoms with Crippen LogP contribution in [0.15, 0.2) is 84.9 Å². The lowest BCUT2D eigenvalue weighted by Crippen LogP contribution is -2.00. The Morgan fingerprint density at radius 1 is 0.844 bits per heavy atom. The number of benzene rings is 3. The number of ether oxygens (including phenoxy) is 2. The number of aromatic nitrogens is 1. The van der Waals surface area contributed by atoms with Crippen molar-refractivity contribution in [1.82, 2.24) is 4.98 Å². The summed E-state index contributed by atoms with van der Waals surface area (Å²) < 4.78 is 11.4. The number of rotatable bonds is 7. The Morgan fingerprint density at radius 3 is 2.09 bits per heavy atom. The average molecular weight is 422 g/mol. The van der Waals surface area contributed by atoms with Crippen LogP contribution in [-0.4, -0.2) is 11.6 Å². The molecular formula is C27H23N3O2. The molecule has 0 spiro atoms. The van der Waals surface area contributed by atoms with Gasteiger partial charge in [-0.05, 0) is 60.5 Å². The molecule has 32 heavy (non-hydrogen) atoms. The van der Waals surface area contributed by atoms with Crippen LogP contribution >= 0.6 is 0 Å². The highest BCUT2D eigenvalue weighted by molar-refractivity contribution is 5.80. The summed E-state index contributed by atoms with van der Waals surface area (Å²) in [6.45, 7) is 3.05. The number of nitrogens with two attached hydrogens (primary N) is 1. The number of nitrogen functional groups attached to an aromatic ring is 1. The van der Waals surface area contributed by atoms with E-state index in [9.17, 15) is 5.26 Å². The fourth-order valence-corrected chi connectivity index (χ4v) is 3.42. The van der Waals surface area contributed by atoms with Gasteiger partial charge in [-0.3, -0.25) is 0 Å². The van der Waals surface area contributed by atoms with Gasteiger partial charge in [0.15, 0.2) is 0 Å². The molecule has 2 N–H and O–H groups in total. The van der Waals surface area contributed by atoms with Crippen molar-refractivity contribution in [1.29, 1.82) is 5.26 Å². The highest BCUT2D eigenvalue weighted by Crippen LogP contribution is 2.32. The third-order valence-corrected chi connectivity index (χ3v) is 5.03. The fourth-order valence-electron chi connectivity index (χ4n) is 3.42. The summed E-state index contributed by atoms with van der Waals surface area (Å²) in [5.74, 6) is 1.76. The number of nitrogens with zero attached hydrogens (tertiary/aromatic N) is 2. The average Bonchev–Trinajstić information content (AvgIpc) is 2.84. The van der Waals surface area contributed by atoms with Crippen LogP contribution < -0.4 is 15.2 Å². The molecule has 1 heterocycles. The Labute approximate surface area is 187 Å². The largest absolute Gasteiger partial charge is 0.494 e. The molecule has 3 aromatic carbocycles. The van der Waals surface area contributed by atoms with E-state index in [0.717, 1.165) is 33.8 Å². The summed E-state index contributed by atoms with van der Waals surface area (Å²) in [7, 11) is 0. The molecule has 0 amide bonds. The molecule has 5 nitrogen and oxygen atoms in total. The first kappa shape index (κ1) is 21.0. The van der Waals surface area contributed by atoms with Crippen molar-refractivity contribution < 1.29 is 9.47 Å². The maximum Gasteiger partial charge on any atom is 0.142 e. The first-order chi connectivity index (χ1) is 15.7. The summed E-state index contributed by atoms with van der Waals surface area (Å²) >= 11 is 0. The smallest absolute Gasteiger partial charge is 0.142 e. The number of hydrogen-bond donors (Lipinski definition) is 1. The van der Waals surface area contributed by atoms with Crippen LogP contribution in [0.4, 0.5) is 5.82 Å². The van der Waals surface area contributed by atoms with Crippen molar-refractivity contribution in [2.24, 2.45) is 0 Å². The molecule has 0 fully saturated rings. The molecule has 5 heteroatoms. The van der Waals surface area contributed by atoms with Crippen molar-refractivity contribution in [2.45, 2.75) is 13.5 Å². The van der Waals surface area contributed by atoms with Crippen LogP contribution in [0, 0.1) is 11.3 Å². The molecule has 0 atom stereocenters. The Bertz CT molecular complexity index is 1230. The first-order valence-electron chi connectivity index (χ1n) is 10.4. The zero-order valence-corrected chi connectivity index (χ0v) is 17.8. The van der Waals surface area contributed by atoms with Gasteiger partial charge < -0.3 is 15.2 Å². The molecule has 4 rings (SSSR count). The van der Waals surface area contributed by atoms with Gasteiger partial charge in [0.05, 0.1) is 12.3 Å². The van der Waals surface area contributed by atoms with Crippen LogP contribution in [0.2, 0.25) is 0 Å². The first-order valence-corrected chi connectivity index (χ1v) is 10.4. The third-order valence-electron chi connectivity index (χ3n) is 5.03. The number of hydrogen-bond acceptors (Lipinski definition) is 5. The maximum atomic E-state index is 9.67. The van der Waals surface area contributed by atoms with E-state index in [1.165, 1.54) is 0 Å². The second-order valence-electron chi connectivity index (χ2n) is 7.18. The van der Waals surface area contributed by atoms with Crippen LogP contribution in [0.5, 0.6) is 11.5 Å². The molecule has 0 unspecified atom stereocenters. The van der Waals surface area contributed by atoms with E-state index in [1.807, 2.05) is 91.9 Å². The van der Waals surface area contributed by atoms with Gasteiger partial charge in [0, 0.05) is 11.1 Å². The van der Waals surface area contributed by atoms with Crippen LogP contribution in [-0.2, 0) is 6.61 Å². The highest BCUT2D eigenvalue weighted by atomic mass is 16.5. The van der Waals surface area contributed by atoms with Gasteiger partial charge in [0.25, 0.3) is 0 Å². The normalized spacial score (nSPS) is 10.4. The lowest BCUT2D eigenvalue weighted by molar-refractivity contribution is 0.306. The Hall–Kier alpha value is -4.30. The lowest BCUT2D eigenvalue weighted by Gasteiger charge is -2.12. The Morgan fingerprint density at radius 2 is 1.47 bits per heavy atom. The minimum absolute atomic E-state index is 0.207. The third kappa shape index (κ3) is 4.71. The van der Waals surface area contributed by atoms with E-state index < -0.39 is 0 Å². The molecule has 0 radical (unpaired) electrons. The monoisotopic (exact) mass is 421 g/mol. The summed E-state index contributed by atoms with van der Waals surface area (Å²) in [5.41, 5.74) is 10.8. The number of anilines is 1. The SMILES string of the molecule is CCOc1ccc(-c2cc(-c3ccc(OCc4ccccc4)cc3)c(C#N)c(N)n2)cc1. The van der Waals surface area contributed by atoms with E-state index in [1.54, 1.807) is 0 Å². The summed E-state index contributed by atoms with van der Waals surface area (Å²) in [6, 6.07) is 29.4. The predicted octanol–water partition coefficient (Wildman–Crippen LogP) is 5.85. The fraction of sp³-hybridized carbons (Fsp3) is 0.111. The van der Waals surface area contributed by atoms with Crippen molar-refractivity contribution in [3.05, 3.63) is 96.1 Å². The van der Waals surface area contributed by atoms with Crippen LogP contribution in [0.3, 0.4) is 0 Å². The Balaban J connectivity index is 1.61. The van der Waals surface area contributed by atoms with Gasteiger partial charge in [-0.25, -0.2) is 4.98 Å². The van der Waals surface area contributed by atoms with Gasteiger partial charge in [-0.2, -0.15) is 5.26 Å². The van der Waals surface area contributed by atoms with Crippen molar-refractivity contribution in [3.8, 4) is 40.0 Å². The van der Waals surface area contributed by atoms with Gasteiger partial charge in [-0.1, -0.05) is 42.5 Å². The van der Waals surface area contributed by atoms with Crippen molar-refractivity contribution in [2.75, 3.05) is 12.3 Å². The van der Waals surface area contributed by atoms with Gasteiger partial charge in [0.2, 0.25) is 0 Å². The van der Waals surface area contributed by atoms with Gasteiger partial charge in [-0.15, -0.1) is 0 Å². The highest BCUT2D eigenvalue weighted by Gasteiger charge is 2.14. The molecule has 0 aliphatic carbocycles. The molecular weight excluding hydrogens is 398 g/mol. The van der Waals surface area contributed by atoms with Gasteiger partial charge >= 0.3 is 0 Å². The molecule has 1 aromatic heterocycles. The van der Waals surface area contributed by atoms with E-state index in [-0.39, 0.29) is 5.82 Å². The van der Waals surface area contributed by atoms with E-state index in [2.05, 4.69) is 11.1 Å². The number of nitriles is 1. The van der Waals surface area contributed by atoms with E-state index in [0.29, 0.717) is 24.5 Å². The zero-order chi connectivity index (χ0) is 22.3. The molecule has 158 valence electrons. The minimum Gasteiger partial charge on any atom is -0.494 e. The summed E-state index contributed by atoms with van der Waals surface area (Å²) in [6.07, 6.45) is 0. The molecule has 4 aromatic rings. The second-order valence-corrected chi connectivity index (χ2v) is 7.18. The molecule has 0 aliphatic rings. The standard InChI is InChI=1S/C27H23N3O2/c1-2-31-22-14-10-21(11-15-22)26-16-24(25(17-28)27(29)30-26)20-8-12-23(13-9-20)32-18-19-6-4-3-5-7-19/h3-16H,2,18H2,1H3,(H2,29,30). The zero-order valence-electron chi connectivity index (χ0n) is 17.8. The topological polar surface area (TPSA) is 81.2 Å². The van der Waals surface area contributed by atoms with Crippen molar-refractivity contribution in [3.63, 3.8) is 0 Å². The molecule has 0 bridgehead atoms. The van der Waals surface area contributed by atoms with Crippen LogP contribution in [0.25, 0.3) is 22.4 Å². The van der Waals surface area contributed by atoms with E-state index in [4.69, 9.17) is 15.2 Å². The summed E-state index contributed by atoms with van der Waals surface area (Å²) in [5, 5.41) is 9.67. The molecule has 0 saturated heterocycles. The maximum absolute atomic E-state index is 9.67. The molecule has 0 aliphatic heterocycles. The number of pyridine rings is 1. The molecule has 0 saturated carbocycles. The lowest BCUT2D eigenvalue weighted by atomic mass is 9.98. The Kier molecular flexibility index (Phi) is 6.33. The van der Waals surface area contributed by atoms with E-state index >= 15 is 0 Å². The predicted molar refractivity (Wildman–Crippen MR) is 126 cm³/mol. The second kappa shape index (κ2) is 9.67. The van der Waals surface area contributed by atoms with Crippen LogP contribution in [0.1, 0.15) is 18.1 Å². The van der Waals surface area contributed by atoms with Gasteiger partial charge in [0.1, 0.15) is 35.6 Å². The summed E-state index contributed by atoms with van der Waals surface area (Å²) in [4.78, 5) is 4.45.